The number of piperidine rings is 1. The van der Waals surface area contributed by atoms with E-state index in [0.717, 1.165) is 19.4 Å². The smallest absolute Gasteiger partial charge is 0.178 e. The summed E-state index contributed by atoms with van der Waals surface area (Å²) in [5.74, 6) is 0.0182. The van der Waals surface area contributed by atoms with Crippen molar-refractivity contribution in [1.29, 1.82) is 0 Å². The minimum Gasteiger partial charge on any atom is -0.392 e. The molecule has 0 saturated carbocycles. The molecule has 0 amide bonds. The lowest BCUT2D eigenvalue weighted by Gasteiger charge is -2.29. The van der Waals surface area contributed by atoms with Crippen LogP contribution in [0.3, 0.4) is 0 Å². The monoisotopic (exact) mass is 253 g/mol. The molecule has 1 fully saturated rings. The number of aliphatic hydroxyl groups excluding tert-OH is 1. The van der Waals surface area contributed by atoms with Gasteiger partial charge < -0.3 is 5.11 Å². The Kier molecular flexibility index (Phi) is 4.15. The number of β-amino-alcohol motifs (C(OH)–C–C–N with tert-alkyl or cyclic N) is 1. The van der Waals surface area contributed by atoms with E-state index in [-0.39, 0.29) is 11.9 Å². The van der Waals surface area contributed by atoms with Gasteiger partial charge in [-0.2, -0.15) is 0 Å². The molecule has 0 bridgehead atoms. The summed E-state index contributed by atoms with van der Waals surface area (Å²) >= 11 is 5.98. The number of carbonyl (C=O) groups is 1. The van der Waals surface area contributed by atoms with Crippen molar-refractivity contribution in [1.82, 2.24) is 4.90 Å². The highest BCUT2D eigenvalue weighted by molar-refractivity contribution is 6.34. The number of Topliss-reactive ketones (excluding diaryl/α,β-unsaturated/α-hetero) is 1. The summed E-state index contributed by atoms with van der Waals surface area (Å²) in [7, 11) is 0. The molecular formula is C13H16ClNO2. The number of halogens is 1. The summed E-state index contributed by atoms with van der Waals surface area (Å²) in [6, 6.07) is 7.08. The van der Waals surface area contributed by atoms with Crippen LogP contribution in [0.2, 0.25) is 5.02 Å². The number of aliphatic hydroxyl groups is 1. The van der Waals surface area contributed by atoms with Crippen molar-refractivity contribution in [2.75, 3.05) is 19.6 Å². The molecule has 0 radical (unpaired) electrons. The zero-order valence-corrected chi connectivity index (χ0v) is 10.4. The van der Waals surface area contributed by atoms with Crippen LogP contribution in [0.1, 0.15) is 23.2 Å². The van der Waals surface area contributed by atoms with Gasteiger partial charge in [0.1, 0.15) is 0 Å². The molecule has 4 heteroatoms. The third kappa shape index (κ3) is 3.28. The lowest BCUT2D eigenvalue weighted by molar-refractivity contribution is 0.0634. The van der Waals surface area contributed by atoms with Crippen LogP contribution >= 0.6 is 11.6 Å². The van der Waals surface area contributed by atoms with Crippen LogP contribution in [0.4, 0.5) is 0 Å². The lowest BCUT2D eigenvalue weighted by atomic mass is 10.1. The van der Waals surface area contributed by atoms with E-state index in [2.05, 4.69) is 0 Å². The van der Waals surface area contributed by atoms with Gasteiger partial charge in [-0.1, -0.05) is 23.7 Å². The molecule has 1 aromatic carbocycles. The highest BCUT2D eigenvalue weighted by Gasteiger charge is 2.20. The first kappa shape index (κ1) is 12.6. The molecule has 1 heterocycles. The van der Waals surface area contributed by atoms with E-state index in [4.69, 9.17) is 11.6 Å². The Labute approximate surface area is 106 Å². The maximum absolute atomic E-state index is 12.0. The van der Waals surface area contributed by atoms with E-state index in [0.29, 0.717) is 23.7 Å². The van der Waals surface area contributed by atoms with Gasteiger partial charge in [0.2, 0.25) is 0 Å². The number of ketones is 1. The van der Waals surface area contributed by atoms with Gasteiger partial charge in [0.25, 0.3) is 0 Å². The van der Waals surface area contributed by atoms with Gasteiger partial charge in [0.15, 0.2) is 5.78 Å². The normalized spacial score (nSPS) is 21.4. The first-order chi connectivity index (χ1) is 8.16. The summed E-state index contributed by atoms with van der Waals surface area (Å²) < 4.78 is 0. The molecule has 0 aliphatic carbocycles. The minimum atomic E-state index is -0.303. The SMILES string of the molecule is O=C(CN1CCC[C@@H](O)C1)c1ccccc1Cl. The van der Waals surface area contributed by atoms with Crippen LogP contribution in [0.5, 0.6) is 0 Å². The molecule has 0 spiro atoms. The molecule has 1 atom stereocenters. The quantitative estimate of drug-likeness (QED) is 0.838. The average molecular weight is 254 g/mol. The van der Waals surface area contributed by atoms with Crippen molar-refractivity contribution >= 4 is 17.4 Å². The van der Waals surface area contributed by atoms with Crippen molar-refractivity contribution in [3.63, 3.8) is 0 Å². The second-order valence-corrected chi connectivity index (χ2v) is 4.84. The number of carbonyl (C=O) groups excluding carboxylic acids is 1. The van der Waals surface area contributed by atoms with Crippen molar-refractivity contribution in [2.45, 2.75) is 18.9 Å². The number of nitrogens with zero attached hydrogens (tertiary/aromatic N) is 1. The van der Waals surface area contributed by atoms with E-state index in [1.54, 1.807) is 12.1 Å². The summed E-state index contributed by atoms with van der Waals surface area (Å²) in [6.07, 6.45) is 1.47. The van der Waals surface area contributed by atoms with Crippen LogP contribution in [0, 0.1) is 0 Å². The lowest BCUT2D eigenvalue weighted by Crippen LogP contribution is -2.41. The fourth-order valence-corrected chi connectivity index (χ4v) is 2.39. The second-order valence-electron chi connectivity index (χ2n) is 4.43. The average Bonchev–Trinajstić information content (AvgIpc) is 2.29. The number of hydrogen-bond donors (Lipinski definition) is 1. The molecule has 1 saturated heterocycles. The molecule has 0 unspecified atom stereocenters. The maximum Gasteiger partial charge on any atom is 0.178 e. The highest BCUT2D eigenvalue weighted by atomic mass is 35.5. The minimum absolute atomic E-state index is 0.0182. The summed E-state index contributed by atoms with van der Waals surface area (Å²) in [5.41, 5.74) is 0.564. The molecule has 17 heavy (non-hydrogen) atoms. The van der Waals surface area contributed by atoms with E-state index < -0.39 is 0 Å². The van der Waals surface area contributed by atoms with E-state index in [9.17, 15) is 9.90 Å². The zero-order chi connectivity index (χ0) is 12.3. The van der Waals surface area contributed by atoms with E-state index in [1.165, 1.54) is 0 Å². The first-order valence-electron chi connectivity index (χ1n) is 5.85. The number of likely N-dealkylation sites (tertiary alicyclic amines) is 1. The standard InChI is InChI=1S/C13H16ClNO2/c14-12-6-2-1-5-11(12)13(17)9-15-7-3-4-10(16)8-15/h1-2,5-6,10,16H,3-4,7-9H2/t10-/m1/s1. The van der Waals surface area contributed by atoms with Crippen LogP contribution in [-0.4, -0.2) is 41.5 Å². The Morgan fingerprint density at radius 2 is 2.24 bits per heavy atom. The van der Waals surface area contributed by atoms with Gasteiger partial charge in [0.05, 0.1) is 17.7 Å². The fourth-order valence-electron chi connectivity index (χ4n) is 2.15. The molecule has 1 aromatic rings. The predicted octanol–water partition coefficient (Wildman–Crippen LogP) is 1.98. The molecule has 92 valence electrons. The van der Waals surface area contributed by atoms with Crippen molar-refractivity contribution < 1.29 is 9.90 Å². The maximum atomic E-state index is 12.0. The van der Waals surface area contributed by atoms with Crippen LogP contribution < -0.4 is 0 Å². The Morgan fingerprint density at radius 3 is 2.94 bits per heavy atom. The molecule has 3 nitrogen and oxygen atoms in total. The summed E-state index contributed by atoms with van der Waals surface area (Å²) in [5, 5.41) is 10.0. The van der Waals surface area contributed by atoms with E-state index in [1.807, 2.05) is 17.0 Å². The second kappa shape index (κ2) is 5.63. The molecule has 1 aliphatic heterocycles. The topological polar surface area (TPSA) is 40.5 Å². The van der Waals surface area contributed by atoms with Gasteiger partial charge in [-0.3, -0.25) is 9.69 Å². The van der Waals surface area contributed by atoms with Gasteiger partial charge in [-0.05, 0) is 31.5 Å². The molecule has 2 rings (SSSR count). The number of hydrogen-bond acceptors (Lipinski definition) is 3. The number of rotatable bonds is 3. The van der Waals surface area contributed by atoms with Gasteiger partial charge in [-0.15, -0.1) is 0 Å². The van der Waals surface area contributed by atoms with Crippen molar-refractivity contribution in [3.05, 3.63) is 34.9 Å². The van der Waals surface area contributed by atoms with Gasteiger partial charge in [-0.25, -0.2) is 0 Å². The third-order valence-corrected chi connectivity index (χ3v) is 3.35. The molecule has 1 N–H and O–H groups in total. The predicted molar refractivity (Wildman–Crippen MR) is 67.5 cm³/mol. The van der Waals surface area contributed by atoms with Gasteiger partial charge >= 0.3 is 0 Å². The number of benzene rings is 1. The van der Waals surface area contributed by atoms with Crippen molar-refractivity contribution in [2.24, 2.45) is 0 Å². The van der Waals surface area contributed by atoms with E-state index >= 15 is 0 Å². The molecule has 1 aliphatic rings. The van der Waals surface area contributed by atoms with Crippen LogP contribution in [0.15, 0.2) is 24.3 Å². The first-order valence-corrected chi connectivity index (χ1v) is 6.23. The van der Waals surface area contributed by atoms with Crippen LogP contribution in [0.25, 0.3) is 0 Å². The zero-order valence-electron chi connectivity index (χ0n) is 9.60. The van der Waals surface area contributed by atoms with Crippen LogP contribution in [-0.2, 0) is 0 Å². The Morgan fingerprint density at radius 1 is 1.47 bits per heavy atom. The molecular weight excluding hydrogens is 238 g/mol. The highest BCUT2D eigenvalue weighted by Crippen LogP contribution is 2.17. The Hall–Kier alpha value is -0.900. The molecule has 0 aromatic heterocycles. The van der Waals surface area contributed by atoms with Gasteiger partial charge in [0, 0.05) is 12.1 Å². The van der Waals surface area contributed by atoms with Crippen molar-refractivity contribution in [3.8, 4) is 0 Å². The summed E-state index contributed by atoms with van der Waals surface area (Å²) in [4.78, 5) is 14.0. The fraction of sp³-hybridized carbons (Fsp3) is 0.462. The third-order valence-electron chi connectivity index (χ3n) is 3.02. The largest absolute Gasteiger partial charge is 0.392 e. The summed E-state index contributed by atoms with van der Waals surface area (Å²) in [6.45, 7) is 1.78. The Balaban J connectivity index is 1.99. The Bertz CT molecular complexity index is 408.